The number of ether oxygens (including phenoxy) is 1. The Labute approximate surface area is 178 Å². The number of piperidine rings is 1. The van der Waals surface area contributed by atoms with E-state index in [0.717, 1.165) is 57.8 Å². The normalized spacial score (nSPS) is 15.2. The van der Waals surface area contributed by atoms with E-state index in [1.165, 1.54) is 0 Å². The van der Waals surface area contributed by atoms with Crippen molar-refractivity contribution in [3.05, 3.63) is 34.7 Å². The third-order valence-electron chi connectivity index (χ3n) is 4.63. The summed E-state index contributed by atoms with van der Waals surface area (Å²) in [6.07, 6.45) is 5.31. The molecule has 1 N–H and O–H groups in total. The number of carbonyl (C=O) groups is 1. The van der Waals surface area contributed by atoms with Gasteiger partial charge in [0.15, 0.2) is 5.96 Å². The molecule has 0 amide bonds. The third-order valence-corrected chi connectivity index (χ3v) is 4.63. The van der Waals surface area contributed by atoms with E-state index in [-0.39, 0.29) is 41.4 Å². The molecule has 8 heteroatoms. The summed E-state index contributed by atoms with van der Waals surface area (Å²) < 4.78 is 6.84. The zero-order chi connectivity index (χ0) is 18.8. The van der Waals surface area contributed by atoms with Crippen LogP contribution in [0.5, 0.6) is 0 Å². The molecule has 0 atom stereocenters. The predicted octanol–water partition coefficient (Wildman–Crippen LogP) is 2.10. The van der Waals surface area contributed by atoms with Crippen molar-refractivity contribution in [3.8, 4) is 0 Å². The number of halogens is 1. The van der Waals surface area contributed by atoms with Gasteiger partial charge in [0, 0.05) is 45.5 Å². The molecule has 0 bridgehead atoms. The van der Waals surface area contributed by atoms with Crippen LogP contribution in [0.2, 0.25) is 0 Å². The molecule has 1 aromatic rings. The predicted molar refractivity (Wildman–Crippen MR) is 118 cm³/mol. The minimum absolute atomic E-state index is 0. The fraction of sp³-hybridized carbons (Fsp3) is 0.632. The first-order chi connectivity index (χ1) is 12.7. The fourth-order valence-corrected chi connectivity index (χ4v) is 3.17. The molecule has 0 unspecified atom stereocenters. The van der Waals surface area contributed by atoms with Gasteiger partial charge >= 0.3 is 5.97 Å². The maximum absolute atomic E-state index is 11.8. The van der Waals surface area contributed by atoms with Gasteiger partial charge in [0.1, 0.15) is 0 Å². The van der Waals surface area contributed by atoms with Crippen molar-refractivity contribution >= 4 is 35.9 Å². The first-order valence-corrected chi connectivity index (χ1v) is 9.43. The zero-order valence-corrected chi connectivity index (χ0v) is 18.6. The number of likely N-dealkylation sites (tertiary alicyclic amines) is 1. The summed E-state index contributed by atoms with van der Waals surface area (Å²) in [6.45, 7) is 5.44. The Hall–Kier alpha value is -1.58. The average Bonchev–Trinajstić information content (AvgIpc) is 2.66. The molecule has 0 aromatic carbocycles. The van der Waals surface area contributed by atoms with E-state index in [9.17, 15) is 9.59 Å². The number of nitrogens with one attached hydrogen (secondary N) is 1. The molecule has 7 nitrogen and oxygen atoms in total. The lowest BCUT2D eigenvalue weighted by molar-refractivity contribution is -0.149. The first kappa shape index (κ1) is 23.5. The molecular weight excluding hydrogens is 459 g/mol. The largest absolute Gasteiger partial charge is 0.466 e. The first-order valence-electron chi connectivity index (χ1n) is 9.43. The Morgan fingerprint density at radius 2 is 2.04 bits per heavy atom. The number of guanidine groups is 1. The fourth-order valence-electron chi connectivity index (χ4n) is 3.17. The maximum Gasteiger partial charge on any atom is 0.309 e. The Bertz CT molecular complexity index is 654. The smallest absolute Gasteiger partial charge is 0.309 e. The van der Waals surface area contributed by atoms with Crippen molar-refractivity contribution < 1.29 is 9.53 Å². The number of aromatic nitrogens is 1. The summed E-state index contributed by atoms with van der Waals surface area (Å²) in [6, 6.07) is 5.22. The van der Waals surface area contributed by atoms with Crippen LogP contribution in [0, 0.1) is 5.92 Å². The number of unbranched alkanes of at least 4 members (excludes halogenated alkanes) is 1. The van der Waals surface area contributed by atoms with Gasteiger partial charge in [-0.25, -0.2) is 0 Å². The summed E-state index contributed by atoms with van der Waals surface area (Å²) in [7, 11) is 1.78. The standard InChI is InChI=1S/C19H30N4O3.HI/c1-3-26-18(25)16-9-14-23(15-10-16)19(20-2)21-11-5-7-13-22-12-6-4-8-17(22)24;/h4,6,8,12,16H,3,5,7,9-11,13-15H2,1-2H3,(H,20,21);1H. The van der Waals surface area contributed by atoms with Crippen molar-refractivity contribution in [2.45, 2.75) is 39.2 Å². The summed E-state index contributed by atoms with van der Waals surface area (Å²) in [5, 5.41) is 3.38. The van der Waals surface area contributed by atoms with Gasteiger partial charge in [-0.15, -0.1) is 24.0 Å². The van der Waals surface area contributed by atoms with Crippen LogP contribution in [0.1, 0.15) is 32.6 Å². The van der Waals surface area contributed by atoms with Gasteiger partial charge in [0.05, 0.1) is 12.5 Å². The van der Waals surface area contributed by atoms with E-state index < -0.39 is 0 Å². The molecule has 1 aliphatic rings. The van der Waals surface area contributed by atoms with E-state index >= 15 is 0 Å². The molecule has 152 valence electrons. The monoisotopic (exact) mass is 490 g/mol. The minimum atomic E-state index is -0.0775. The van der Waals surface area contributed by atoms with Crippen LogP contribution >= 0.6 is 24.0 Å². The number of hydrogen-bond acceptors (Lipinski definition) is 4. The highest BCUT2D eigenvalue weighted by Gasteiger charge is 2.27. The third kappa shape index (κ3) is 7.51. The molecule has 2 heterocycles. The van der Waals surface area contributed by atoms with Crippen molar-refractivity contribution in [1.82, 2.24) is 14.8 Å². The summed E-state index contributed by atoms with van der Waals surface area (Å²) in [4.78, 5) is 30.0. The molecule has 1 aromatic heterocycles. The molecule has 1 saturated heterocycles. The van der Waals surface area contributed by atoms with Gasteiger partial charge in [-0.1, -0.05) is 6.07 Å². The molecule has 0 aliphatic carbocycles. The Kier molecular flexibility index (Phi) is 11.1. The molecule has 1 fully saturated rings. The molecule has 1 aliphatic heterocycles. The van der Waals surface area contributed by atoms with Crippen LogP contribution in [-0.4, -0.2) is 54.7 Å². The number of pyridine rings is 1. The van der Waals surface area contributed by atoms with Crippen LogP contribution in [0.25, 0.3) is 0 Å². The van der Waals surface area contributed by atoms with Gasteiger partial charge in [-0.2, -0.15) is 0 Å². The van der Waals surface area contributed by atoms with E-state index in [1.807, 2.05) is 19.2 Å². The van der Waals surface area contributed by atoms with E-state index in [4.69, 9.17) is 4.74 Å². The van der Waals surface area contributed by atoms with Crippen LogP contribution in [0.4, 0.5) is 0 Å². The van der Waals surface area contributed by atoms with Gasteiger partial charge in [0.2, 0.25) is 5.56 Å². The number of nitrogens with zero attached hydrogens (tertiary/aromatic N) is 3. The number of carbonyl (C=O) groups excluding carboxylic acids is 1. The van der Waals surface area contributed by atoms with Crippen molar-refractivity contribution in [2.75, 3.05) is 33.3 Å². The second-order valence-electron chi connectivity index (χ2n) is 6.43. The number of aryl methyl sites for hydroxylation is 1. The summed E-state index contributed by atoms with van der Waals surface area (Å²) in [5.74, 6) is 0.809. The number of rotatable bonds is 7. The number of aliphatic imine (C=N–C) groups is 1. The van der Waals surface area contributed by atoms with Gasteiger partial charge in [-0.05, 0) is 38.7 Å². The molecule has 0 spiro atoms. The van der Waals surface area contributed by atoms with Crippen molar-refractivity contribution in [1.29, 1.82) is 0 Å². The quantitative estimate of drug-likeness (QED) is 0.208. The SMILES string of the molecule is CCOC(=O)C1CCN(C(=NC)NCCCCn2ccccc2=O)CC1.I. The zero-order valence-electron chi connectivity index (χ0n) is 16.2. The highest BCUT2D eigenvalue weighted by atomic mass is 127. The minimum Gasteiger partial charge on any atom is -0.466 e. The van der Waals surface area contributed by atoms with Crippen molar-refractivity contribution in [2.24, 2.45) is 10.9 Å². The van der Waals surface area contributed by atoms with E-state index in [1.54, 1.807) is 23.7 Å². The Morgan fingerprint density at radius 1 is 1.30 bits per heavy atom. The molecule has 0 radical (unpaired) electrons. The lowest BCUT2D eigenvalue weighted by Gasteiger charge is -2.33. The van der Waals surface area contributed by atoms with Crippen LogP contribution in [0.15, 0.2) is 34.2 Å². The van der Waals surface area contributed by atoms with Gasteiger partial charge < -0.3 is 19.5 Å². The molecule has 2 rings (SSSR count). The second-order valence-corrected chi connectivity index (χ2v) is 6.43. The molecule has 0 saturated carbocycles. The molecule has 27 heavy (non-hydrogen) atoms. The van der Waals surface area contributed by atoms with Gasteiger partial charge in [-0.3, -0.25) is 14.6 Å². The van der Waals surface area contributed by atoms with E-state index in [0.29, 0.717) is 6.61 Å². The summed E-state index contributed by atoms with van der Waals surface area (Å²) >= 11 is 0. The molecular formula is C19H31IN4O3. The maximum atomic E-state index is 11.8. The van der Waals surface area contributed by atoms with Gasteiger partial charge in [0.25, 0.3) is 0 Å². The highest BCUT2D eigenvalue weighted by Crippen LogP contribution is 2.18. The number of esters is 1. The van der Waals surface area contributed by atoms with E-state index in [2.05, 4.69) is 15.2 Å². The number of hydrogen-bond donors (Lipinski definition) is 1. The lowest BCUT2D eigenvalue weighted by atomic mass is 9.97. The Balaban J connectivity index is 0.00000364. The van der Waals surface area contributed by atoms with Crippen molar-refractivity contribution in [3.63, 3.8) is 0 Å². The average molecular weight is 490 g/mol. The lowest BCUT2D eigenvalue weighted by Crippen LogP contribution is -2.47. The topological polar surface area (TPSA) is 75.9 Å². The highest BCUT2D eigenvalue weighted by molar-refractivity contribution is 14.0. The van der Waals surface area contributed by atoms with Crippen LogP contribution in [0.3, 0.4) is 0 Å². The van der Waals surface area contributed by atoms with Crippen LogP contribution < -0.4 is 10.9 Å². The van der Waals surface area contributed by atoms with Crippen LogP contribution in [-0.2, 0) is 16.1 Å². The Morgan fingerprint density at radius 3 is 2.67 bits per heavy atom. The second kappa shape index (κ2) is 12.7. The summed E-state index contributed by atoms with van der Waals surface area (Å²) in [5.41, 5.74) is 0.0424.